The summed E-state index contributed by atoms with van der Waals surface area (Å²) in [6.45, 7) is 4.98. The Morgan fingerprint density at radius 1 is 1.28 bits per heavy atom. The summed E-state index contributed by atoms with van der Waals surface area (Å²) in [6, 6.07) is 9.81. The second-order valence-corrected chi connectivity index (χ2v) is 6.47. The van der Waals surface area contributed by atoms with Gasteiger partial charge in [-0.1, -0.05) is 36.9 Å². The fourth-order valence-corrected chi connectivity index (χ4v) is 3.18. The summed E-state index contributed by atoms with van der Waals surface area (Å²) in [4.78, 5) is 22.5. The molecule has 0 saturated carbocycles. The lowest BCUT2D eigenvalue weighted by Crippen LogP contribution is -2.32. The van der Waals surface area contributed by atoms with Crippen LogP contribution < -0.4 is 5.73 Å². The standard InChI is InChI=1S/C20H20N8O/c1-2-16(29)27(12-14-6-4-3-5-7-14)8-9-28-20-17(19(21)22-13-23-20)18(26-28)15-10-24-25-11-15/h2-7,10-11,13H,1,8-9,12H2,(H,24,25)(H2,21,22,23). The minimum atomic E-state index is -0.144. The van der Waals surface area contributed by atoms with Crippen LogP contribution in [0, 0.1) is 0 Å². The van der Waals surface area contributed by atoms with Gasteiger partial charge in [-0.3, -0.25) is 9.89 Å². The second-order valence-electron chi connectivity index (χ2n) is 6.47. The molecule has 29 heavy (non-hydrogen) atoms. The normalized spacial score (nSPS) is 10.9. The molecule has 0 unspecified atom stereocenters. The Hall–Kier alpha value is -4.01. The van der Waals surface area contributed by atoms with Crippen LogP contribution in [0.2, 0.25) is 0 Å². The molecule has 3 aromatic heterocycles. The number of aromatic amines is 1. The van der Waals surface area contributed by atoms with Crippen molar-refractivity contribution in [2.75, 3.05) is 12.3 Å². The Morgan fingerprint density at radius 2 is 2.10 bits per heavy atom. The van der Waals surface area contributed by atoms with E-state index in [0.29, 0.717) is 42.2 Å². The molecule has 0 aliphatic heterocycles. The quantitative estimate of drug-likeness (QED) is 0.468. The summed E-state index contributed by atoms with van der Waals surface area (Å²) >= 11 is 0. The van der Waals surface area contributed by atoms with Gasteiger partial charge in [0.1, 0.15) is 17.8 Å². The van der Waals surface area contributed by atoms with Gasteiger partial charge in [-0.2, -0.15) is 10.2 Å². The van der Waals surface area contributed by atoms with E-state index >= 15 is 0 Å². The van der Waals surface area contributed by atoms with Gasteiger partial charge in [0.05, 0.1) is 18.1 Å². The molecular weight excluding hydrogens is 368 g/mol. The number of carbonyl (C=O) groups is 1. The number of hydrogen-bond acceptors (Lipinski definition) is 6. The van der Waals surface area contributed by atoms with Crippen molar-refractivity contribution in [1.29, 1.82) is 0 Å². The number of H-pyrrole nitrogens is 1. The highest BCUT2D eigenvalue weighted by molar-refractivity contribution is 5.98. The van der Waals surface area contributed by atoms with Gasteiger partial charge in [0.15, 0.2) is 5.65 Å². The third-order valence-electron chi connectivity index (χ3n) is 4.61. The molecule has 4 rings (SSSR count). The molecule has 1 aromatic carbocycles. The lowest BCUT2D eigenvalue weighted by atomic mass is 10.2. The first-order valence-electron chi connectivity index (χ1n) is 9.08. The molecule has 3 heterocycles. The van der Waals surface area contributed by atoms with Crippen LogP contribution in [0.5, 0.6) is 0 Å². The zero-order chi connectivity index (χ0) is 20.2. The van der Waals surface area contributed by atoms with Crippen LogP contribution >= 0.6 is 0 Å². The van der Waals surface area contributed by atoms with Crippen molar-refractivity contribution in [3.05, 3.63) is 67.3 Å². The van der Waals surface area contributed by atoms with Crippen molar-refractivity contribution in [3.8, 4) is 11.3 Å². The molecule has 0 radical (unpaired) electrons. The lowest BCUT2D eigenvalue weighted by molar-refractivity contribution is -0.126. The molecule has 0 saturated heterocycles. The molecule has 146 valence electrons. The Balaban J connectivity index is 1.64. The molecule has 0 aliphatic carbocycles. The van der Waals surface area contributed by atoms with E-state index in [-0.39, 0.29) is 5.91 Å². The zero-order valence-electron chi connectivity index (χ0n) is 15.7. The van der Waals surface area contributed by atoms with E-state index < -0.39 is 0 Å². The van der Waals surface area contributed by atoms with E-state index in [1.54, 1.807) is 22.0 Å². The molecule has 3 N–H and O–H groups in total. The number of hydrogen-bond donors (Lipinski definition) is 2. The van der Waals surface area contributed by atoms with Gasteiger partial charge in [-0.15, -0.1) is 0 Å². The van der Waals surface area contributed by atoms with Crippen LogP contribution in [-0.2, 0) is 17.9 Å². The van der Waals surface area contributed by atoms with Gasteiger partial charge < -0.3 is 10.6 Å². The van der Waals surface area contributed by atoms with E-state index in [1.807, 2.05) is 30.3 Å². The van der Waals surface area contributed by atoms with E-state index in [4.69, 9.17) is 5.73 Å². The van der Waals surface area contributed by atoms with Gasteiger partial charge in [0, 0.05) is 24.8 Å². The smallest absolute Gasteiger partial charge is 0.246 e. The number of anilines is 1. The summed E-state index contributed by atoms with van der Waals surface area (Å²) in [5.74, 6) is 0.204. The van der Waals surface area contributed by atoms with Crippen LogP contribution in [-0.4, -0.2) is 47.3 Å². The van der Waals surface area contributed by atoms with Crippen LogP contribution in [0.4, 0.5) is 5.82 Å². The maximum atomic E-state index is 12.4. The van der Waals surface area contributed by atoms with Gasteiger partial charge in [-0.05, 0) is 11.6 Å². The number of benzene rings is 1. The maximum Gasteiger partial charge on any atom is 0.246 e. The predicted molar refractivity (Wildman–Crippen MR) is 109 cm³/mol. The number of aromatic nitrogens is 6. The molecule has 4 aromatic rings. The first-order chi connectivity index (χ1) is 14.2. The Morgan fingerprint density at radius 3 is 2.83 bits per heavy atom. The Labute approximate surface area is 166 Å². The second kappa shape index (κ2) is 7.93. The van der Waals surface area contributed by atoms with E-state index in [2.05, 4.69) is 31.8 Å². The van der Waals surface area contributed by atoms with Crippen LogP contribution in [0.1, 0.15) is 5.56 Å². The molecule has 0 bridgehead atoms. The topological polar surface area (TPSA) is 119 Å². The highest BCUT2D eigenvalue weighted by atomic mass is 16.2. The third kappa shape index (κ3) is 3.70. The van der Waals surface area contributed by atoms with Crippen molar-refractivity contribution in [2.45, 2.75) is 13.1 Å². The largest absolute Gasteiger partial charge is 0.383 e. The van der Waals surface area contributed by atoms with E-state index in [0.717, 1.165) is 11.1 Å². The highest BCUT2D eigenvalue weighted by Gasteiger charge is 2.19. The molecule has 0 aliphatic rings. The summed E-state index contributed by atoms with van der Waals surface area (Å²) in [7, 11) is 0. The summed E-state index contributed by atoms with van der Waals surface area (Å²) < 4.78 is 1.74. The van der Waals surface area contributed by atoms with Crippen molar-refractivity contribution in [2.24, 2.45) is 0 Å². The Bertz CT molecular complexity index is 1130. The van der Waals surface area contributed by atoms with Gasteiger partial charge in [-0.25, -0.2) is 14.6 Å². The SMILES string of the molecule is C=CC(=O)N(CCn1nc(-c2cn[nH]c2)c2c(N)ncnc21)Cc1ccccc1. The van der Waals surface area contributed by atoms with Crippen molar-refractivity contribution >= 4 is 22.8 Å². The van der Waals surface area contributed by atoms with Gasteiger partial charge in [0.2, 0.25) is 5.91 Å². The fourth-order valence-electron chi connectivity index (χ4n) is 3.18. The molecule has 0 fully saturated rings. The number of nitrogens with two attached hydrogens (primary N) is 1. The van der Waals surface area contributed by atoms with E-state index in [9.17, 15) is 4.79 Å². The lowest BCUT2D eigenvalue weighted by Gasteiger charge is -2.21. The predicted octanol–water partition coefficient (Wildman–Crippen LogP) is 2.01. The zero-order valence-corrected chi connectivity index (χ0v) is 15.7. The average molecular weight is 388 g/mol. The summed E-state index contributed by atoms with van der Waals surface area (Å²) in [6.07, 6.45) is 6.13. The number of fused-ring (bicyclic) bond motifs is 1. The van der Waals surface area contributed by atoms with Crippen molar-refractivity contribution in [1.82, 2.24) is 34.8 Å². The number of nitrogen functional groups attached to an aromatic ring is 1. The number of carbonyl (C=O) groups excluding carboxylic acids is 1. The summed E-state index contributed by atoms with van der Waals surface area (Å²) in [5, 5.41) is 12.1. The van der Waals surface area contributed by atoms with Gasteiger partial charge in [0.25, 0.3) is 0 Å². The highest BCUT2D eigenvalue weighted by Crippen LogP contribution is 2.29. The number of nitrogens with one attached hydrogen (secondary N) is 1. The van der Waals surface area contributed by atoms with Crippen LogP contribution in [0.25, 0.3) is 22.3 Å². The van der Waals surface area contributed by atoms with Gasteiger partial charge >= 0.3 is 0 Å². The molecular formula is C20H20N8O. The Kier molecular flexibility index (Phi) is 5.02. The monoisotopic (exact) mass is 388 g/mol. The number of amides is 1. The maximum absolute atomic E-state index is 12.4. The number of nitrogens with zero attached hydrogens (tertiary/aromatic N) is 6. The first-order valence-corrected chi connectivity index (χ1v) is 9.08. The third-order valence-corrected chi connectivity index (χ3v) is 4.61. The number of rotatable bonds is 7. The van der Waals surface area contributed by atoms with Crippen molar-refractivity contribution in [3.63, 3.8) is 0 Å². The van der Waals surface area contributed by atoms with Crippen LogP contribution in [0.15, 0.2) is 61.7 Å². The molecule has 1 amide bonds. The minimum Gasteiger partial charge on any atom is -0.383 e. The van der Waals surface area contributed by atoms with E-state index in [1.165, 1.54) is 12.4 Å². The molecule has 0 spiro atoms. The first kappa shape index (κ1) is 18.4. The molecule has 0 atom stereocenters. The summed E-state index contributed by atoms with van der Waals surface area (Å²) in [5.41, 5.74) is 9.18. The van der Waals surface area contributed by atoms with Crippen LogP contribution in [0.3, 0.4) is 0 Å². The molecule has 9 heteroatoms. The fraction of sp³-hybridized carbons (Fsp3) is 0.150. The minimum absolute atomic E-state index is 0.144. The van der Waals surface area contributed by atoms with Crippen molar-refractivity contribution < 1.29 is 4.79 Å². The molecule has 9 nitrogen and oxygen atoms in total. The average Bonchev–Trinajstić information content (AvgIpc) is 3.40.